The van der Waals surface area contributed by atoms with Crippen molar-refractivity contribution >= 4 is 33.2 Å². The van der Waals surface area contributed by atoms with Gasteiger partial charge in [0.2, 0.25) is 5.95 Å². The smallest absolute Gasteiger partial charge is 0.222 e. The van der Waals surface area contributed by atoms with Gasteiger partial charge in [0.25, 0.3) is 0 Å². The molecule has 1 saturated heterocycles. The average Bonchev–Trinajstić information content (AvgIpc) is 2.43. The number of halogens is 1. The summed E-state index contributed by atoms with van der Waals surface area (Å²) in [7, 11) is -2.94. The van der Waals surface area contributed by atoms with E-state index in [9.17, 15) is 8.42 Å². The Kier molecular flexibility index (Phi) is 3.39. The van der Waals surface area contributed by atoms with Crippen LogP contribution in [0.2, 0.25) is 5.02 Å². The number of hydrogen-bond donors (Lipinski definition) is 1. The van der Waals surface area contributed by atoms with E-state index >= 15 is 0 Å². The van der Waals surface area contributed by atoms with E-state index < -0.39 is 9.84 Å². The van der Waals surface area contributed by atoms with Crippen LogP contribution in [-0.2, 0) is 9.84 Å². The summed E-state index contributed by atoms with van der Waals surface area (Å²) in [5.41, 5.74) is 5.50. The highest BCUT2D eigenvalue weighted by atomic mass is 35.5. The molecule has 1 aromatic heterocycles. The first kappa shape index (κ1) is 12.4. The number of rotatable bonds is 1. The average molecular weight is 277 g/mol. The Bertz CT molecular complexity index is 520. The minimum atomic E-state index is -2.94. The van der Waals surface area contributed by atoms with Crippen LogP contribution in [0.5, 0.6) is 0 Å². The molecule has 0 aromatic carbocycles. The Balaban J connectivity index is 2.25. The Morgan fingerprint density at radius 2 is 2.12 bits per heavy atom. The van der Waals surface area contributed by atoms with E-state index in [1.807, 2.05) is 4.90 Å². The van der Waals surface area contributed by atoms with Crippen molar-refractivity contribution in [3.05, 3.63) is 11.2 Å². The third kappa shape index (κ3) is 2.98. The molecule has 0 radical (unpaired) electrons. The Labute approximate surface area is 105 Å². The van der Waals surface area contributed by atoms with Gasteiger partial charge >= 0.3 is 0 Å². The van der Waals surface area contributed by atoms with Crippen molar-refractivity contribution in [3.8, 4) is 0 Å². The summed E-state index contributed by atoms with van der Waals surface area (Å²) < 4.78 is 23.0. The number of nitrogens with two attached hydrogens (primary N) is 1. The van der Waals surface area contributed by atoms with E-state index in [1.165, 1.54) is 6.20 Å². The highest BCUT2D eigenvalue weighted by Gasteiger charge is 2.21. The molecule has 0 spiro atoms. The van der Waals surface area contributed by atoms with Gasteiger partial charge in [0.05, 0.1) is 17.7 Å². The lowest BCUT2D eigenvalue weighted by Crippen LogP contribution is -2.28. The van der Waals surface area contributed by atoms with Crippen LogP contribution in [0.15, 0.2) is 6.20 Å². The fraction of sp³-hybridized carbons (Fsp3) is 0.556. The number of aromatic nitrogens is 2. The Hall–Kier alpha value is -1.08. The maximum Gasteiger partial charge on any atom is 0.222 e. The molecule has 1 aliphatic rings. The van der Waals surface area contributed by atoms with Gasteiger partial charge in [-0.2, -0.15) is 4.98 Å². The first-order valence-corrected chi connectivity index (χ1v) is 7.41. The number of nitrogens with zero attached hydrogens (tertiary/aromatic N) is 3. The van der Waals surface area contributed by atoms with Crippen LogP contribution in [0.25, 0.3) is 0 Å². The molecule has 6 nitrogen and oxygen atoms in total. The molecule has 1 aliphatic heterocycles. The van der Waals surface area contributed by atoms with Gasteiger partial charge in [-0.25, -0.2) is 13.4 Å². The van der Waals surface area contributed by atoms with Crippen molar-refractivity contribution in [2.45, 2.75) is 6.42 Å². The SMILES string of the molecule is Nc1ncc(Cl)c(N2CCCS(=O)(=O)CC2)n1. The zero-order valence-electron chi connectivity index (χ0n) is 9.13. The van der Waals surface area contributed by atoms with E-state index in [0.717, 1.165) is 0 Å². The summed E-state index contributed by atoms with van der Waals surface area (Å²) in [6.45, 7) is 0.994. The van der Waals surface area contributed by atoms with Gasteiger partial charge in [-0.1, -0.05) is 11.6 Å². The molecule has 2 rings (SSSR count). The predicted molar refractivity (Wildman–Crippen MR) is 66.9 cm³/mol. The Morgan fingerprint density at radius 3 is 2.88 bits per heavy atom. The van der Waals surface area contributed by atoms with Gasteiger partial charge in [-0.15, -0.1) is 0 Å². The summed E-state index contributed by atoms with van der Waals surface area (Å²) in [5.74, 6) is 0.974. The lowest BCUT2D eigenvalue weighted by atomic mass is 10.4. The first-order chi connectivity index (χ1) is 7.98. The molecule has 1 fully saturated rings. The fourth-order valence-corrected chi connectivity index (χ4v) is 3.23. The molecule has 17 heavy (non-hydrogen) atoms. The molecule has 0 unspecified atom stereocenters. The van der Waals surface area contributed by atoms with Gasteiger partial charge < -0.3 is 10.6 Å². The van der Waals surface area contributed by atoms with Crippen molar-refractivity contribution in [2.75, 3.05) is 35.2 Å². The number of sulfone groups is 1. The van der Waals surface area contributed by atoms with Gasteiger partial charge in [-0.05, 0) is 6.42 Å². The van der Waals surface area contributed by atoms with Crippen LogP contribution < -0.4 is 10.6 Å². The highest BCUT2D eigenvalue weighted by Crippen LogP contribution is 2.24. The fourth-order valence-electron chi connectivity index (χ4n) is 1.74. The highest BCUT2D eigenvalue weighted by molar-refractivity contribution is 7.91. The van der Waals surface area contributed by atoms with Crippen LogP contribution in [-0.4, -0.2) is 43.0 Å². The summed E-state index contributed by atoms with van der Waals surface area (Å²) in [4.78, 5) is 9.67. The van der Waals surface area contributed by atoms with Crippen molar-refractivity contribution in [3.63, 3.8) is 0 Å². The third-order valence-electron chi connectivity index (χ3n) is 2.60. The van der Waals surface area contributed by atoms with Crippen LogP contribution in [0.4, 0.5) is 11.8 Å². The van der Waals surface area contributed by atoms with E-state index in [2.05, 4.69) is 9.97 Å². The molecule has 94 valence electrons. The van der Waals surface area contributed by atoms with Crippen LogP contribution in [0, 0.1) is 0 Å². The van der Waals surface area contributed by atoms with Crippen molar-refractivity contribution in [1.29, 1.82) is 0 Å². The van der Waals surface area contributed by atoms with Crippen molar-refractivity contribution in [2.24, 2.45) is 0 Å². The van der Waals surface area contributed by atoms with Crippen LogP contribution >= 0.6 is 11.6 Å². The topological polar surface area (TPSA) is 89.2 Å². The molecule has 0 amide bonds. The minimum Gasteiger partial charge on any atom is -0.368 e. The van der Waals surface area contributed by atoms with E-state index in [0.29, 0.717) is 30.4 Å². The second-order valence-corrected chi connectivity index (χ2v) is 6.60. The van der Waals surface area contributed by atoms with Crippen molar-refractivity contribution < 1.29 is 8.42 Å². The maximum absolute atomic E-state index is 11.5. The molecule has 0 saturated carbocycles. The number of hydrogen-bond acceptors (Lipinski definition) is 6. The number of anilines is 2. The third-order valence-corrected chi connectivity index (χ3v) is 4.58. The van der Waals surface area contributed by atoms with Crippen LogP contribution in [0.3, 0.4) is 0 Å². The van der Waals surface area contributed by atoms with Gasteiger partial charge in [0, 0.05) is 13.1 Å². The molecular weight excluding hydrogens is 264 g/mol. The van der Waals surface area contributed by atoms with Gasteiger partial charge in [0.1, 0.15) is 5.02 Å². The normalized spacial score (nSPS) is 19.9. The molecule has 8 heteroatoms. The lowest BCUT2D eigenvalue weighted by molar-refractivity contribution is 0.597. The Morgan fingerprint density at radius 1 is 1.35 bits per heavy atom. The number of nitrogen functional groups attached to an aromatic ring is 1. The van der Waals surface area contributed by atoms with E-state index in [-0.39, 0.29) is 17.5 Å². The summed E-state index contributed by atoms with van der Waals surface area (Å²) in [6, 6.07) is 0. The standard InChI is InChI=1S/C9H13ClN4O2S/c10-7-6-12-9(11)13-8(7)14-2-1-4-17(15,16)5-3-14/h6H,1-5H2,(H2,11,12,13). The van der Waals surface area contributed by atoms with Gasteiger partial charge in [0.15, 0.2) is 15.7 Å². The quantitative estimate of drug-likeness (QED) is 0.795. The maximum atomic E-state index is 11.5. The predicted octanol–water partition coefficient (Wildman–Crippen LogP) is 0.337. The zero-order chi connectivity index (χ0) is 12.5. The van der Waals surface area contributed by atoms with Crippen LogP contribution in [0.1, 0.15) is 6.42 Å². The summed E-state index contributed by atoms with van der Waals surface area (Å²) in [5, 5.41) is 0.387. The molecule has 2 N–H and O–H groups in total. The molecule has 1 aromatic rings. The van der Waals surface area contributed by atoms with Crippen molar-refractivity contribution in [1.82, 2.24) is 9.97 Å². The minimum absolute atomic E-state index is 0.118. The van der Waals surface area contributed by atoms with Gasteiger partial charge in [-0.3, -0.25) is 0 Å². The first-order valence-electron chi connectivity index (χ1n) is 5.21. The summed E-state index contributed by atoms with van der Waals surface area (Å²) in [6.07, 6.45) is 2.00. The summed E-state index contributed by atoms with van der Waals surface area (Å²) >= 11 is 5.98. The van der Waals surface area contributed by atoms with E-state index in [4.69, 9.17) is 17.3 Å². The molecule has 0 aliphatic carbocycles. The zero-order valence-corrected chi connectivity index (χ0v) is 10.7. The molecular formula is C9H13ClN4O2S. The molecule has 2 heterocycles. The lowest BCUT2D eigenvalue weighted by Gasteiger charge is -2.21. The molecule has 0 atom stereocenters. The second kappa shape index (κ2) is 4.66. The van der Waals surface area contributed by atoms with E-state index in [1.54, 1.807) is 0 Å². The molecule has 0 bridgehead atoms. The monoisotopic (exact) mass is 276 g/mol. The second-order valence-electron chi connectivity index (χ2n) is 3.89. The largest absolute Gasteiger partial charge is 0.368 e.